The number of fused-ring (bicyclic) bond motifs is 1. The topological polar surface area (TPSA) is 37.8 Å². The normalized spacial score (nSPS) is 10.8. The Balaban J connectivity index is 2.92. The van der Waals surface area contributed by atoms with Gasteiger partial charge in [0.2, 0.25) is 0 Å². The minimum atomic E-state index is 0.0598. The Hall–Kier alpha value is -1.51. The first-order chi connectivity index (χ1) is 5.83. The third-order valence-electron chi connectivity index (χ3n) is 2.02. The molecule has 0 aromatic carbocycles. The first-order valence-corrected chi connectivity index (χ1v) is 4.00. The van der Waals surface area contributed by atoms with E-state index in [2.05, 4.69) is 4.98 Å². The quantitative estimate of drug-likeness (QED) is 0.675. The maximum Gasteiger partial charge on any atom is 0.251 e. The minimum absolute atomic E-state index is 0.0598. The van der Waals surface area contributed by atoms with Crippen LogP contribution in [-0.2, 0) is 6.54 Å². The average Bonchev–Trinajstić information content (AvgIpc) is 2.52. The van der Waals surface area contributed by atoms with Gasteiger partial charge in [-0.05, 0) is 19.1 Å². The van der Waals surface area contributed by atoms with E-state index in [1.165, 1.54) is 0 Å². The van der Waals surface area contributed by atoms with Crippen molar-refractivity contribution >= 4 is 11.0 Å². The summed E-state index contributed by atoms with van der Waals surface area (Å²) in [5, 5.41) is 0. The van der Waals surface area contributed by atoms with Gasteiger partial charge in [-0.15, -0.1) is 0 Å². The van der Waals surface area contributed by atoms with E-state index < -0.39 is 0 Å². The van der Waals surface area contributed by atoms with Gasteiger partial charge in [0.25, 0.3) is 5.56 Å². The highest BCUT2D eigenvalue weighted by molar-refractivity contribution is 5.74. The van der Waals surface area contributed by atoms with Gasteiger partial charge in [-0.3, -0.25) is 4.79 Å². The van der Waals surface area contributed by atoms with Crippen LogP contribution in [0.2, 0.25) is 0 Å². The molecule has 0 aliphatic heterocycles. The number of rotatable bonds is 1. The molecule has 1 N–H and O–H groups in total. The van der Waals surface area contributed by atoms with Gasteiger partial charge in [-0.25, -0.2) is 0 Å². The average molecular weight is 162 g/mol. The number of aromatic amines is 1. The monoisotopic (exact) mass is 162 g/mol. The van der Waals surface area contributed by atoms with Gasteiger partial charge in [0.05, 0.1) is 11.0 Å². The van der Waals surface area contributed by atoms with E-state index in [1.54, 1.807) is 10.6 Å². The number of pyridine rings is 1. The Kier molecular flexibility index (Phi) is 1.50. The Bertz CT molecular complexity index is 453. The van der Waals surface area contributed by atoms with Crippen LogP contribution in [0.1, 0.15) is 6.92 Å². The largest absolute Gasteiger partial charge is 0.360 e. The highest BCUT2D eigenvalue weighted by atomic mass is 16.1. The number of nitrogens with one attached hydrogen (secondary N) is 1. The number of aromatic nitrogens is 2. The van der Waals surface area contributed by atoms with Crippen LogP contribution in [0.3, 0.4) is 0 Å². The third-order valence-corrected chi connectivity index (χ3v) is 2.02. The van der Waals surface area contributed by atoms with Crippen molar-refractivity contribution in [1.29, 1.82) is 0 Å². The lowest BCUT2D eigenvalue weighted by atomic mass is 10.3. The van der Waals surface area contributed by atoms with Gasteiger partial charge >= 0.3 is 0 Å². The molecule has 3 heteroatoms. The fraction of sp³-hybridized carbons (Fsp3) is 0.222. The number of aryl methyl sites for hydroxylation is 1. The van der Waals surface area contributed by atoms with E-state index in [0.29, 0.717) is 6.54 Å². The molecule has 0 fully saturated rings. The van der Waals surface area contributed by atoms with Crippen LogP contribution in [-0.4, -0.2) is 9.55 Å². The molecule has 12 heavy (non-hydrogen) atoms. The maximum atomic E-state index is 11.3. The van der Waals surface area contributed by atoms with Gasteiger partial charge in [0, 0.05) is 18.8 Å². The highest BCUT2D eigenvalue weighted by Crippen LogP contribution is 2.08. The molecular weight excluding hydrogens is 152 g/mol. The van der Waals surface area contributed by atoms with Crippen LogP contribution in [0.25, 0.3) is 11.0 Å². The first kappa shape index (κ1) is 7.16. The van der Waals surface area contributed by atoms with E-state index in [4.69, 9.17) is 0 Å². The standard InChI is InChI=1S/C9H10N2O/c1-2-11-8-5-6-10-7(8)3-4-9(11)12/h3-6,10H,2H2,1H3. The van der Waals surface area contributed by atoms with Crippen molar-refractivity contribution in [2.24, 2.45) is 0 Å². The molecule has 0 amide bonds. The van der Waals surface area contributed by atoms with Gasteiger partial charge in [0.15, 0.2) is 0 Å². The fourth-order valence-corrected chi connectivity index (χ4v) is 1.43. The molecule has 2 heterocycles. The van der Waals surface area contributed by atoms with Crippen molar-refractivity contribution in [2.75, 3.05) is 0 Å². The Morgan fingerprint density at radius 2 is 2.25 bits per heavy atom. The predicted molar refractivity (Wildman–Crippen MR) is 48.2 cm³/mol. The minimum Gasteiger partial charge on any atom is -0.360 e. The molecular formula is C9H10N2O. The molecule has 0 bridgehead atoms. The van der Waals surface area contributed by atoms with Crippen LogP contribution in [0.15, 0.2) is 29.2 Å². The number of hydrogen-bond acceptors (Lipinski definition) is 1. The zero-order valence-corrected chi connectivity index (χ0v) is 6.87. The number of hydrogen-bond donors (Lipinski definition) is 1. The second-order valence-electron chi connectivity index (χ2n) is 2.69. The molecule has 0 unspecified atom stereocenters. The summed E-state index contributed by atoms with van der Waals surface area (Å²) in [5.41, 5.74) is 2.05. The van der Waals surface area contributed by atoms with Crippen LogP contribution in [0.5, 0.6) is 0 Å². The summed E-state index contributed by atoms with van der Waals surface area (Å²) in [6.45, 7) is 2.68. The SMILES string of the molecule is CCn1c(=O)ccc2[nH]ccc21. The third kappa shape index (κ3) is 0.863. The molecule has 0 aliphatic carbocycles. The second-order valence-corrected chi connectivity index (χ2v) is 2.69. The molecule has 0 saturated carbocycles. The second kappa shape index (κ2) is 2.52. The maximum absolute atomic E-state index is 11.3. The van der Waals surface area contributed by atoms with Crippen molar-refractivity contribution in [3.8, 4) is 0 Å². The Morgan fingerprint density at radius 1 is 1.42 bits per heavy atom. The molecule has 0 aliphatic rings. The summed E-state index contributed by atoms with van der Waals surface area (Å²) in [7, 11) is 0. The summed E-state index contributed by atoms with van der Waals surface area (Å²) < 4.78 is 1.74. The van der Waals surface area contributed by atoms with Gasteiger partial charge in [0.1, 0.15) is 0 Å². The number of nitrogens with zero attached hydrogens (tertiary/aromatic N) is 1. The van der Waals surface area contributed by atoms with E-state index in [-0.39, 0.29) is 5.56 Å². The summed E-state index contributed by atoms with van der Waals surface area (Å²) in [5.74, 6) is 0. The van der Waals surface area contributed by atoms with Crippen molar-refractivity contribution in [3.05, 3.63) is 34.7 Å². The van der Waals surface area contributed by atoms with E-state index >= 15 is 0 Å². The van der Waals surface area contributed by atoms with Gasteiger partial charge in [-0.2, -0.15) is 0 Å². The number of H-pyrrole nitrogens is 1. The fourth-order valence-electron chi connectivity index (χ4n) is 1.43. The molecule has 62 valence electrons. The lowest BCUT2D eigenvalue weighted by molar-refractivity contribution is 0.760. The zero-order valence-electron chi connectivity index (χ0n) is 6.87. The van der Waals surface area contributed by atoms with Crippen molar-refractivity contribution < 1.29 is 0 Å². The smallest absolute Gasteiger partial charge is 0.251 e. The van der Waals surface area contributed by atoms with Crippen LogP contribution in [0, 0.1) is 0 Å². The van der Waals surface area contributed by atoms with Crippen LogP contribution < -0.4 is 5.56 Å². The van der Waals surface area contributed by atoms with E-state index in [0.717, 1.165) is 11.0 Å². The lowest BCUT2D eigenvalue weighted by Gasteiger charge is -2.01. The van der Waals surface area contributed by atoms with E-state index in [9.17, 15) is 4.79 Å². The Morgan fingerprint density at radius 3 is 3.00 bits per heavy atom. The van der Waals surface area contributed by atoms with Crippen molar-refractivity contribution in [3.63, 3.8) is 0 Å². The van der Waals surface area contributed by atoms with Crippen molar-refractivity contribution in [2.45, 2.75) is 13.5 Å². The highest BCUT2D eigenvalue weighted by Gasteiger charge is 1.99. The molecule has 0 saturated heterocycles. The van der Waals surface area contributed by atoms with Crippen LogP contribution >= 0.6 is 0 Å². The molecule has 2 aromatic heterocycles. The molecule has 2 rings (SSSR count). The Labute approximate surface area is 69.6 Å². The van der Waals surface area contributed by atoms with Crippen LogP contribution in [0.4, 0.5) is 0 Å². The molecule has 0 radical (unpaired) electrons. The summed E-state index contributed by atoms with van der Waals surface area (Å²) >= 11 is 0. The van der Waals surface area contributed by atoms with Gasteiger partial charge < -0.3 is 9.55 Å². The molecule has 3 nitrogen and oxygen atoms in total. The predicted octanol–water partition coefficient (Wildman–Crippen LogP) is 1.35. The first-order valence-electron chi connectivity index (χ1n) is 4.00. The van der Waals surface area contributed by atoms with Gasteiger partial charge in [-0.1, -0.05) is 0 Å². The van der Waals surface area contributed by atoms with Crippen molar-refractivity contribution in [1.82, 2.24) is 9.55 Å². The molecule has 0 spiro atoms. The zero-order chi connectivity index (χ0) is 8.55. The summed E-state index contributed by atoms with van der Waals surface area (Å²) in [6.07, 6.45) is 1.84. The molecule has 2 aromatic rings. The lowest BCUT2D eigenvalue weighted by Crippen LogP contribution is -2.17. The summed E-state index contributed by atoms with van der Waals surface area (Å²) in [6, 6.07) is 5.31. The summed E-state index contributed by atoms with van der Waals surface area (Å²) in [4.78, 5) is 14.4. The molecule has 0 atom stereocenters. The van der Waals surface area contributed by atoms with E-state index in [1.807, 2.05) is 25.3 Å².